The zero-order chi connectivity index (χ0) is 12.3. The first kappa shape index (κ1) is 11.8. The number of hydrogen-bond acceptors (Lipinski definition) is 3. The molecule has 5 heteroatoms. The number of hydrogen-bond donors (Lipinski definition) is 2. The Morgan fingerprint density at radius 1 is 1.65 bits per heavy atom. The summed E-state index contributed by atoms with van der Waals surface area (Å²) in [6.45, 7) is 4.08. The van der Waals surface area contributed by atoms with Gasteiger partial charge in [0.1, 0.15) is 0 Å². The van der Waals surface area contributed by atoms with Crippen LogP contribution < -0.4 is 5.43 Å². The molecule has 5 nitrogen and oxygen atoms in total. The van der Waals surface area contributed by atoms with E-state index in [0.29, 0.717) is 11.6 Å². The lowest BCUT2D eigenvalue weighted by Gasteiger charge is -2.18. The van der Waals surface area contributed by atoms with Crippen molar-refractivity contribution in [3.05, 3.63) is 17.5 Å². The van der Waals surface area contributed by atoms with Crippen molar-refractivity contribution in [1.82, 2.24) is 15.6 Å². The van der Waals surface area contributed by atoms with E-state index in [1.165, 1.54) is 6.42 Å². The van der Waals surface area contributed by atoms with Gasteiger partial charge in [0.25, 0.3) is 5.91 Å². The zero-order valence-electron chi connectivity index (χ0n) is 10.3. The maximum absolute atomic E-state index is 11.7. The molecule has 0 radical (unpaired) electrons. The number of H-pyrrole nitrogens is 1. The number of amides is 1. The van der Waals surface area contributed by atoms with E-state index in [1.807, 2.05) is 6.92 Å². The molecule has 92 valence electrons. The van der Waals surface area contributed by atoms with Gasteiger partial charge in [0.05, 0.1) is 0 Å². The van der Waals surface area contributed by atoms with Gasteiger partial charge < -0.3 is 0 Å². The molecule has 0 aliphatic heterocycles. The summed E-state index contributed by atoms with van der Waals surface area (Å²) in [5.41, 5.74) is 4.91. The number of nitrogens with one attached hydrogen (secondary N) is 2. The van der Waals surface area contributed by atoms with Crippen molar-refractivity contribution in [2.45, 2.75) is 39.5 Å². The highest BCUT2D eigenvalue weighted by Crippen LogP contribution is 2.20. The molecule has 0 bridgehead atoms. The molecule has 1 amide bonds. The maximum atomic E-state index is 11.7. The van der Waals surface area contributed by atoms with Crippen LogP contribution in [0.15, 0.2) is 11.2 Å². The Morgan fingerprint density at radius 3 is 3.12 bits per heavy atom. The van der Waals surface area contributed by atoms with Gasteiger partial charge >= 0.3 is 0 Å². The maximum Gasteiger partial charge on any atom is 0.291 e. The van der Waals surface area contributed by atoms with E-state index in [9.17, 15) is 4.79 Å². The van der Waals surface area contributed by atoms with E-state index in [2.05, 4.69) is 27.6 Å². The highest BCUT2D eigenvalue weighted by Gasteiger charge is 2.15. The van der Waals surface area contributed by atoms with Crippen LogP contribution in [0, 0.1) is 12.8 Å². The van der Waals surface area contributed by atoms with Crippen molar-refractivity contribution in [3.8, 4) is 0 Å². The predicted molar refractivity (Wildman–Crippen MR) is 65.9 cm³/mol. The largest absolute Gasteiger partial charge is 0.291 e. The number of aryl methyl sites for hydroxylation is 1. The van der Waals surface area contributed by atoms with Gasteiger partial charge in [0.15, 0.2) is 5.69 Å². The molecule has 1 aromatic rings. The minimum absolute atomic E-state index is 0.250. The molecule has 2 N–H and O–H groups in total. The molecular formula is C12H18N4O. The topological polar surface area (TPSA) is 70.1 Å². The van der Waals surface area contributed by atoms with Crippen molar-refractivity contribution in [2.75, 3.05) is 0 Å². The molecule has 0 spiro atoms. The number of carbonyl (C=O) groups excluding carboxylic acids is 1. The van der Waals surface area contributed by atoms with E-state index >= 15 is 0 Å². The SMILES string of the molecule is Cc1cc(C(=O)N/N=C2/CCCC(C)C2)n[nH]1. The number of hydrazone groups is 1. The highest BCUT2D eigenvalue weighted by atomic mass is 16.2. The van der Waals surface area contributed by atoms with Crippen LogP contribution in [0.2, 0.25) is 0 Å². The van der Waals surface area contributed by atoms with Crippen LogP contribution in [0.4, 0.5) is 0 Å². The molecule has 1 aromatic heterocycles. The average Bonchev–Trinajstić information content (AvgIpc) is 2.73. The van der Waals surface area contributed by atoms with Crippen LogP contribution >= 0.6 is 0 Å². The summed E-state index contributed by atoms with van der Waals surface area (Å²) in [6, 6.07) is 1.71. The number of nitrogens with zero attached hydrogens (tertiary/aromatic N) is 2. The third kappa shape index (κ3) is 3.15. The zero-order valence-corrected chi connectivity index (χ0v) is 10.3. The molecule has 0 saturated heterocycles. The smallest absolute Gasteiger partial charge is 0.282 e. The molecule has 17 heavy (non-hydrogen) atoms. The molecule has 0 aromatic carbocycles. The second kappa shape index (κ2) is 5.12. The van der Waals surface area contributed by atoms with Crippen molar-refractivity contribution in [1.29, 1.82) is 0 Å². The Morgan fingerprint density at radius 2 is 2.47 bits per heavy atom. The van der Waals surface area contributed by atoms with E-state index in [-0.39, 0.29) is 5.91 Å². The van der Waals surface area contributed by atoms with Gasteiger partial charge in [-0.25, -0.2) is 5.43 Å². The van der Waals surface area contributed by atoms with E-state index in [1.54, 1.807) is 6.07 Å². The van der Waals surface area contributed by atoms with Gasteiger partial charge in [-0.3, -0.25) is 9.89 Å². The molecular weight excluding hydrogens is 216 g/mol. The molecule has 1 aliphatic carbocycles. The molecule has 1 saturated carbocycles. The molecule has 1 atom stereocenters. The monoisotopic (exact) mass is 234 g/mol. The third-order valence-electron chi connectivity index (χ3n) is 3.00. The second-order valence-electron chi connectivity index (χ2n) is 4.76. The van der Waals surface area contributed by atoms with Crippen LogP contribution in [0.25, 0.3) is 0 Å². The first-order valence-electron chi connectivity index (χ1n) is 6.03. The van der Waals surface area contributed by atoms with E-state index in [0.717, 1.165) is 30.7 Å². The fraction of sp³-hybridized carbons (Fsp3) is 0.583. The number of carbonyl (C=O) groups is 1. The van der Waals surface area contributed by atoms with Crippen molar-refractivity contribution < 1.29 is 4.79 Å². The quantitative estimate of drug-likeness (QED) is 0.768. The minimum Gasteiger partial charge on any atom is -0.282 e. The van der Waals surface area contributed by atoms with Gasteiger partial charge in [-0.05, 0) is 44.6 Å². The highest BCUT2D eigenvalue weighted by molar-refractivity contribution is 5.94. The normalized spacial score (nSPS) is 22.7. The van der Waals surface area contributed by atoms with Gasteiger partial charge in [-0.15, -0.1) is 0 Å². The lowest BCUT2D eigenvalue weighted by Crippen LogP contribution is -2.22. The van der Waals surface area contributed by atoms with Gasteiger partial charge in [0.2, 0.25) is 0 Å². The van der Waals surface area contributed by atoms with Crippen LogP contribution in [0.5, 0.6) is 0 Å². The molecule has 1 unspecified atom stereocenters. The van der Waals surface area contributed by atoms with Crippen molar-refractivity contribution in [2.24, 2.45) is 11.0 Å². The summed E-state index contributed by atoms with van der Waals surface area (Å²) in [5, 5.41) is 10.8. The summed E-state index contributed by atoms with van der Waals surface area (Å²) in [7, 11) is 0. The first-order valence-corrected chi connectivity index (χ1v) is 6.03. The summed E-state index contributed by atoms with van der Waals surface area (Å²) in [5.74, 6) is 0.423. The Bertz CT molecular complexity index is 435. The summed E-state index contributed by atoms with van der Waals surface area (Å²) in [4.78, 5) is 11.7. The minimum atomic E-state index is -0.250. The molecule has 1 aliphatic rings. The summed E-state index contributed by atoms with van der Waals surface area (Å²) in [6.07, 6.45) is 4.40. The fourth-order valence-corrected chi connectivity index (χ4v) is 2.08. The van der Waals surface area contributed by atoms with E-state index < -0.39 is 0 Å². The third-order valence-corrected chi connectivity index (χ3v) is 3.00. The molecule has 1 fully saturated rings. The van der Waals surface area contributed by atoms with Gasteiger partial charge in [-0.1, -0.05) is 6.92 Å². The predicted octanol–water partition coefficient (Wildman–Crippen LogP) is 2.01. The lowest BCUT2D eigenvalue weighted by molar-refractivity contribution is 0.0949. The van der Waals surface area contributed by atoms with E-state index in [4.69, 9.17) is 0 Å². The first-order chi connectivity index (χ1) is 8.15. The van der Waals surface area contributed by atoms with Crippen LogP contribution in [-0.4, -0.2) is 21.8 Å². The number of rotatable bonds is 2. The Balaban J connectivity index is 1.93. The standard InChI is InChI=1S/C12H18N4O/c1-8-4-3-5-10(6-8)14-16-12(17)11-7-9(2)13-15-11/h7-8H,3-6H2,1-2H3,(H,13,15)(H,16,17)/b14-10-. The van der Waals surface area contributed by atoms with Crippen LogP contribution in [0.3, 0.4) is 0 Å². The summed E-state index contributed by atoms with van der Waals surface area (Å²) < 4.78 is 0. The summed E-state index contributed by atoms with van der Waals surface area (Å²) >= 11 is 0. The Labute approximate surface area is 101 Å². The van der Waals surface area contributed by atoms with Crippen LogP contribution in [0.1, 0.15) is 48.8 Å². The van der Waals surface area contributed by atoms with Gasteiger partial charge in [0, 0.05) is 11.4 Å². The Kier molecular flexibility index (Phi) is 3.56. The van der Waals surface area contributed by atoms with Gasteiger partial charge in [-0.2, -0.15) is 10.2 Å². The second-order valence-corrected chi connectivity index (χ2v) is 4.76. The average molecular weight is 234 g/mol. The Hall–Kier alpha value is -1.65. The number of aromatic nitrogens is 2. The number of aromatic amines is 1. The lowest BCUT2D eigenvalue weighted by atomic mass is 9.89. The van der Waals surface area contributed by atoms with Crippen molar-refractivity contribution >= 4 is 11.6 Å². The fourth-order valence-electron chi connectivity index (χ4n) is 2.08. The van der Waals surface area contributed by atoms with Crippen molar-refractivity contribution in [3.63, 3.8) is 0 Å². The van der Waals surface area contributed by atoms with Crippen LogP contribution in [-0.2, 0) is 0 Å². The molecule has 1 heterocycles. The molecule has 2 rings (SSSR count).